The Morgan fingerprint density at radius 3 is 2.40 bits per heavy atom. The van der Waals surface area contributed by atoms with Crippen molar-refractivity contribution < 1.29 is 17.9 Å². The number of nitrogens with zero attached hydrogens (tertiary/aromatic N) is 5. The van der Waals surface area contributed by atoms with Gasteiger partial charge in [0.2, 0.25) is 0 Å². The largest absolute Gasteiger partial charge is 0.488 e. The Hall–Kier alpha value is -5.19. The number of rotatable bonds is 6. The summed E-state index contributed by atoms with van der Waals surface area (Å²) in [5, 5.41) is 5.39. The van der Waals surface area contributed by atoms with Crippen LogP contribution in [0.25, 0.3) is 38.8 Å². The molecule has 0 aliphatic carbocycles. The molecule has 3 aromatic carbocycles. The Bertz CT molecular complexity index is 2050. The predicted octanol–water partition coefficient (Wildman–Crippen LogP) is 6.19. The van der Waals surface area contributed by atoms with Crippen LogP contribution in [0.2, 0.25) is 0 Å². The molecule has 6 aromatic rings. The van der Waals surface area contributed by atoms with E-state index in [0.717, 1.165) is 0 Å². The zero-order valence-electron chi connectivity index (χ0n) is 22.8. The highest BCUT2D eigenvalue weighted by molar-refractivity contribution is 5.98. The lowest BCUT2D eigenvalue weighted by atomic mass is 10.1. The number of nitrogen functional groups attached to an aromatic ring is 1. The third-order valence-corrected chi connectivity index (χ3v) is 6.97. The Kier molecular flexibility index (Phi) is 6.64. The van der Waals surface area contributed by atoms with Crippen molar-refractivity contribution in [3.05, 3.63) is 107 Å². The van der Waals surface area contributed by atoms with Crippen LogP contribution in [-0.2, 0) is 0 Å². The molecule has 212 valence electrons. The topological polar surface area (TPSA) is 101 Å². The Morgan fingerprint density at radius 1 is 0.881 bits per heavy atom. The molecule has 11 heteroatoms. The van der Waals surface area contributed by atoms with Gasteiger partial charge in [0.05, 0.1) is 34.3 Å². The van der Waals surface area contributed by atoms with E-state index in [9.17, 15) is 13.6 Å². The lowest BCUT2D eigenvalue weighted by Crippen LogP contribution is -2.26. The number of hydrogen-bond acceptors (Lipinski definition) is 6. The summed E-state index contributed by atoms with van der Waals surface area (Å²) in [6.45, 7) is 5.36. The van der Waals surface area contributed by atoms with Crippen LogP contribution in [0.15, 0.2) is 77.9 Å². The number of nitrogens with two attached hydrogens (primary N) is 1. The first-order valence-electron chi connectivity index (χ1n) is 13.2. The molecule has 6 rings (SSSR count). The zero-order valence-corrected chi connectivity index (χ0v) is 22.8. The van der Waals surface area contributed by atoms with Gasteiger partial charge in [-0.25, -0.2) is 27.8 Å². The maximum atomic E-state index is 15.0. The van der Waals surface area contributed by atoms with Crippen molar-refractivity contribution in [3.8, 4) is 22.7 Å². The van der Waals surface area contributed by atoms with Crippen LogP contribution in [0.5, 0.6) is 5.75 Å². The summed E-state index contributed by atoms with van der Waals surface area (Å²) < 4.78 is 52.5. The van der Waals surface area contributed by atoms with Gasteiger partial charge in [0.1, 0.15) is 29.5 Å². The van der Waals surface area contributed by atoms with Crippen molar-refractivity contribution in [2.24, 2.45) is 0 Å². The van der Waals surface area contributed by atoms with Crippen LogP contribution in [-0.4, -0.2) is 30.4 Å². The van der Waals surface area contributed by atoms with Gasteiger partial charge in [0.25, 0.3) is 5.56 Å². The van der Waals surface area contributed by atoms with Gasteiger partial charge in [0.15, 0.2) is 17.2 Å². The van der Waals surface area contributed by atoms with Crippen molar-refractivity contribution in [1.82, 2.24) is 24.3 Å². The Labute approximate surface area is 237 Å². The Balaban J connectivity index is 1.60. The summed E-state index contributed by atoms with van der Waals surface area (Å²) in [7, 11) is 0. The van der Waals surface area contributed by atoms with E-state index in [4.69, 9.17) is 15.6 Å². The summed E-state index contributed by atoms with van der Waals surface area (Å²) in [6.07, 6.45) is 1.06. The quantitative estimate of drug-likeness (QED) is 0.256. The molecular weight excluding hydrogens is 545 g/mol. The maximum absolute atomic E-state index is 15.0. The minimum atomic E-state index is -0.715. The van der Waals surface area contributed by atoms with Gasteiger partial charge in [-0.2, -0.15) is 5.10 Å². The molecule has 0 aliphatic heterocycles. The average molecular weight is 571 g/mol. The molecule has 0 fully saturated rings. The smallest absolute Gasteiger partial charge is 0.266 e. The minimum absolute atomic E-state index is 0.0950. The monoisotopic (exact) mass is 570 g/mol. The van der Waals surface area contributed by atoms with E-state index in [0.29, 0.717) is 33.4 Å². The molecule has 0 spiro atoms. The highest BCUT2D eigenvalue weighted by Gasteiger charge is 2.25. The number of hydrogen-bond donors (Lipinski definition) is 1. The Morgan fingerprint density at radius 2 is 1.67 bits per heavy atom. The molecule has 42 heavy (non-hydrogen) atoms. The molecule has 3 heterocycles. The first kappa shape index (κ1) is 27.0. The number of fused-ring (bicyclic) bond motifs is 2. The number of halogens is 3. The molecule has 0 saturated heterocycles. The maximum Gasteiger partial charge on any atom is 0.266 e. The number of anilines is 1. The molecular formula is C31H25F3N6O2. The molecule has 0 amide bonds. The van der Waals surface area contributed by atoms with Gasteiger partial charge in [-0.3, -0.25) is 9.36 Å². The lowest BCUT2D eigenvalue weighted by molar-refractivity contribution is 0.231. The normalized spacial score (nSPS) is 12.4. The van der Waals surface area contributed by atoms with Gasteiger partial charge in [-0.05, 0) is 74.7 Å². The van der Waals surface area contributed by atoms with Gasteiger partial charge in [0, 0.05) is 5.56 Å². The second-order valence-electron chi connectivity index (χ2n) is 10.1. The summed E-state index contributed by atoms with van der Waals surface area (Å²) in [5.41, 5.74) is 7.25. The SMILES string of the molecule is CC(C)Oc1ccc(-c2nn(C(C)c3cc4cccc(F)c4c(=O)n3-c3cccc(F)c3)c3ncnc(N)c23)cc1F. The second kappa shape index (κ2) is 10.3. The fraction of sp³-hybridized carbons (Fsp3) is 0.161. The number of benzene rings is 3. The molecule has 1 atom stereocenters. The first-order chi connectivity index (χ1) is 20.1. The second-order valence-corrected chi connectivity index (χ2v) is 10.1. The van der Waals surface area contributed by atoms with E-state index in [2.05, 4.69) is 9.97 Å². The van der Waals surface area contributed by atoms with Crippen LogP contribution < -0.4 is 16.0 Å². The van der Waals surface area contributed by atoms with Crippen LogP contribution >= 0.6 is 0 Å². The molecule has 1 unspecified atom stereocenters. The van der Waals surface area contributed by atoms with E-state index in [1.54, 1.807) is 45.0 Å². The number of ether oxygens (including phenoxy) is 1. The van der Waals surface area contributed by atoms with Crippen LogP contribution in [0.3, 0.4) is 0 Å². The van der Waals surface area contributed by atoms with E-state index in [1.807, 2.05) is 0 Å². The van der Waals surface area contributed by atoms with Crippen LogP contribution in [0.1, 0.15) is 32.5 Å². The highest BCUT2D eigenvalue weighted by Crippen LogP contribution is 2.35. The van der Waals surface area contributed by atoms with E-state index in [-0.39, 0.29) is 28.7 Å². The van der Waals surface area contributed by atoms with Gasteiger partial charge >= 0.3 is 0 Å². The van der Waals surface area contributed by atoms with Crippen molar-refractivity contribution in [1.29, 1.82) is 0 Å². The number of pyridine rings is 1. The fourth-order valence-corrected chi connectivity index (χ4v) is 5.12. The molecule has 0 radical (unpaired) electrons. The summed E-state index contributed by atoms with van der Waals surface area (Å²) in [5.74, 6) is -1.62. The first-order valence-corrected chi connectivity index (χ1v) is 13.2. The lowest BCUT2D eigenvalue weighted by Gasteiger charge is -2.21. The van der Waals surface area contributed by atoms with Crippen molar-refractivity contribution >= 4 is 27.6 Å². The molecule has 0 aliphatic rings. The summed E-state index contributed by atoms with van der Waals surface area (Å²) >= 11 is 0. The third kappa shape index (κ3) is 4.52. The average Bonchev–Trinajstić information content (AvgIpc) is 3.34. The molecule has 0 saturated carbocycles. The van der Waals surface area contributed by atoms with E-state index < -0.39 is 29.1 Å². The van der Waals surface area contributed by atoms with Gasteiger partial charge in [-0.15, -0.1) is 0 Å². The third-order valence-electron chi connectivity index (χ3n) is 6.97. The fourth-order valence-electron chi connectivity index (χ4n) is 5.12. The van der Waals surface area contributed by atoms with Gasteiger partial charge < -0.3 is 10.5 Å². The van der Waals surface area contributed by atoms with E-state index in [1.165, 1.54) is 58.0 Å². The standard InChI is InChI=1S/C31H25F3N6O2/c1-16(2)42-25-11-10-19(12-23(25)34)28-27-29(35)36-15-37-30(27)40(38-28)17(3)24-13-18-6-4-9-22(33)26(18)31(41)39(24)21-8-5-7-20(32)14-21/h4-17H,1-3H3,(H2,35,36,37). The zero-order chi connectivity index (χ0) is 29.7. The van der Waals surface area contributed by atoms with Crippen molar-refractivity contribution in [3.63, 3.8) is 0 Å². The molecule has 2 N–H and O–H groups in total. The highest BCUT2D eigenvalue weighted by atomic mass is 19.1. The van der Waals surface area contributed by atoms with Crippen LogP contribution in [0.4, 0.5) is 19.0 Å². The molecule has 3 aromatic heterocycles. The van der Waals surface area contributed by atoms with Gasteiger partial charge in [-0.1, -0.05) is 18.2 Å². The summed E-state index contributed by atoms with van der Waals surface area (Å²) in [6, 6.07) is 15.2. The summed E-state index contributed by atoms with van der Waals surface area (Å²) in [4.78, 5) is 22.3. The minimum Gasteiger partial charge on any atom is -0.488 e. The number of aromatic nitrogens is 5. The van der Waals surface area contributed by atoms with Crippen LogP contribution in [0, 0.1) is 17.5 Å². The molecule has 8 nitrogen and oxygen atoms in total. The predicted molar refractivity (Wildman–Crippen MR) is 154 cm³/mol. The van der Waals surface area contributed by atoms with E-state index >= 15 is 4.39 Å². The van der Waals surface area contributed by atoms with Crippen molar-refractivity contribution in [2.75, 3.05) is 5.73 Å². The van der Waals surface area contributed by atoms with Crippen molar-refractivity contribution in [2.45, 2.75) is 32.9 Å². The molecule has 0 bridgehead atoms.